The molecular formula is C17H26BrNO. The number of halogens is 1. The number of benzene rings is 1. The zero-order chi connectivity index (χ0) is 15.0. The summed E-state index contributed by atoms with van der Waals surface area (Å²) in [5.41, 5.74) is 2.52. The first-order valence-corrected chi connectivity index (χ1v) is 8.45. The van der Waals surface area contributed by atoms with Gasteiger partial charge in [0.05, 0.1) is 0 Å². The number of alkyl halides is 1. The molecule has 20 heavy (non-hydrogen) atoms. The van der Waals surface area contributed by atoms with E-state index in [4.69, 9.17) is 0 Å². The number of carbonyl (C=O) groups excluding carboxylic acids is 1. The molecule has 1 aromatic carbocycles. The third kappa shape index (κ3) is 5.66. The van der Waals surface area contributed by atoms with Crippen LogP contribution >= 0.6 is 15.9 Å². The zero-order valence-electron chi connectivity index (χ0n) is 12.8. The Morgan fingerprint density at radius 3 is 2.50 bits per heavy atom. The Balaban J connectivity index is 2.32. The second-order valence-corrected chi connectivity index (χ2v) is 6.50. The van der Waals surface area contributed by atoms with Crippen molar-refractivity contribution in [1.29, 1.82) is 0 Å². The van der Waals surface area contributed by atoms with Crippen molar-refractivity contribution in [2.45, 2.75) is 51.3 Å². The summed E-state index contributed by atoms with van der Waals surface area (Å²) in [6.45, 7) is 7.21. The van der Waals surface area contributed by atoms with E-state index >= 15 is 0 Å². The fourth-order valence-corrected chi connectivity index (χ4v) is 3.31. The number of hydrogen-bond acceptors (Lipinski definition) is 1. The lowest BCUT2D eigenvalue weighted by atomic mass is 9.99. The number of rotatable bonds is 8. The van der Waals surface area contributed by atoms with Crippen LogP contribution in [-0.4, -0.2) is 17.3 Å². The van der Waals surface area contributed by atoms with Crippen LogP contribution in [0.4, 0.5) is 0 Å². The Bertz CT molecular complexity index is 415. The van der Waals surface area contributed by atoms with Gasteiger partial charge in [-0.3, -0.25) is 4.79 Å². The van der Waals surface area contributed by atoms with E-state index < -0.39 is 0 Å². The van der Waals surface area contributed by atoms with E-state index in [-0.39, 0.29) is 5.91 Å². The fourth-order valence-electron chi connectivity index (χ4n) is 2.41. The van der Waals surface area contributed by atoms with Crippen LogP contribution < -0.4 is 5.32 Å². The van der Waals surface area contributed by atoms with E-state index in [0.29, 0.717) is 17.2 Å². The van der Waals surface area contributed by atoms with E-state index in [1.54, 1.807) is 0 Å². The van der Waals surface area contributed by atoms with E-state index in [9.17, 15) is 4.79 Å². The summed E-state index contributed by atoms with van der Waals surface area (Å²) in [5.74, 6) is 0.773. The minimum Gasteiger partial charge on any atom is -0.355 e. The molecule has 0 aliphatic rings. The number of carbonyl (C=O) groups is 1. The molecule has 0 heterocycles. The van der Waals surface area contributed by atoms with Gasteiger partial charge >= 0.3 is 0 Å². The first-order valence-electron chi connectivity index (χ1n) is 7.53. The molecule has 0 saturated heterocycles. The molecule has 0 bridgehead atoms. The first kappa shape index (κ1) is 17.2. The predicted molar refractivity (Wildman–Crippen MR) is 89.3 cm³/mol. The summed E-state index contributed by atoms with van der Waals surface area (Å²) in [5, 5.41) is 3.04. The summed E-state index contributed by atoms with van der Waals surface area (Å²) in [6, 6.07) is 8.25. The Labute approximate surface area is 131 Å². The molecule has 3 heteroatoms. The molecule has 1 unspecified atom stereocenters. The first-order chi connectivity index (χ1) is 9.58. The average molecular weight is 340 g/mol. The van der Waals surface area contributed by atoms with E-state index in [1.165, 1.54) is 11.1 Å². The highest BCUT2D eigenvalue weighted by Gasteiger charge is 2.15. The minimum atomic E-state index is 0.142. The highest BCUT2D eigenvalue weighted by Crippen LogP contribution is 2.19. The maximum absolute atomic E-state index is 11.9. The van der Waals surface area contributed by atoms with Gasteiger partial charge in [-0.2, -0.15) is 0 Å². The number of nitrogens with one attached hydrogen (secondary N) is 1. The zero-order valence-corrected chi connectivity index (χ0v) is 14.4. The topological polar surface area (TPSA) is 29.1 Å². The molecule has 0 saturated carbocycles. The smallest absolute Gasteiger partial charge is 0.220 e. The van der Waals surface area contributed by atoms with Gasteiger partial charge in [0.25, 0.3) is 0 Å². The molecule has 1 rings (SSSR count). The van der Waals surface area contributed by atoms with Crippen molar-refractivity contribution in [2.75, 3.05) is 6.54 Å². The average Bonchev–Trinajstić information content (AvgIpc) is 2.45. The lowest BCUT2D eigenvalue weighted by Crippen LogP contribution is -2.33. The van der Waals surface area contributed by atoms with Gasteiger partial charge in [-0.25, -0.2) is 0 Å². The van der Waals surface area contributed by atoms with Crippen LogP contribution in [0.2, 0.25) is 0 Å². The summed E-state index contributed by atoms with van der Waals surface area (Å²) in [7, 11) is 0. The van der Waals surface area contributed by atoms with Crippen molar-refractivity contribution in [2.24, 2.45) is 5.92 Å². The number of aryl methyl sites for hydroxylation is 2. The molecule has 1 atom stereocenters. The standard InChI is InChI=1S/C17H26BrNO/c1-4-14(5-2)16(18)12-19-17(20)11-10-15-9-7-6-8-13(15)3/h6-9,14,16H,4-5,10-12H2,1-3H3,(H,19,20). The van der Waals surface area contributed by atoms with Crippen molar-refractivity contribution in [3.8, 4) is 0 Å². The third-order valence-corrected chi connectivity index (χ3v) is 5.01. The SMILES string of the molecule is CCC(CC)C(Br)CNC(=O)CCc1ccccc1C. The van der Waals surface area contributed by atoms with E-state index in [2.05, 4.69) is 54.2 Å². The Morgan fingerprint density at radius 2 is 1.90 bits per heavy atom. The fraction of sp³-hybridized carbons (Fsp3) is 0.588. The van der Waals surface area contributed by atoms with Crippen molar-refractivity contribution in [3.05, 3.63) is 35.4 Å². The molecule has 0 aliphatic carbocycles. The number of amides is 1. The molecular weight excluding hydrogens is 314 g/mol. The highest BCUT2D eigenvalue weighted by atomic mass is 79.9. The van der Waals surface area contributed by atoms with Crippen LogP contribution in [0.15, 0.2) is 24.3 Å². The van der Waals surface area contributed by atoms with Crippen molar-refractivity contribution in [3.63, 3.8) is 0 Å². The van der Waals surface area contributed by atoms with Gasteiger partial charge in [0.1, 0.15) is 0 Å². The summed E-state index contributed by atoms with van der Waals surface area (Å²) in [4.78, 5) is 12.3. The Morgan fingerprint density at radius 1 is 1.25 bits per heavy atom. The van der Waals surface area contributed by atoms with Crippen LogP contribution in [0.5, 0.6) is 0 Å². The molecule has 1 N–H and O–H groups in total. The van der Waals surface area contributed by atoms with Gasteiger partial charge in [0.2, 0.25) is 5.91 Å². The molecule has 0 spiro atoms. The quantitative estimate of drug-likeness (QED) is 0.705. The van der Waals surface area contributed by atoms with Gasteiger partial charge in [-0.05, 0) is 30.4 Å². The van der Waals surface area contributed by atoms with E-state index in [1.807, 2.05) is 12.1 Å². The molecule has 1 aromatic rings. The molecule has 0 radical (unpaired) electrons. The van der Waals surface area contributed by atoms with Crippen LogP contribution in [0.25, 0.3) is 0 Å². The lowest BCUT2D eigenvalue weighted by Gasteiger charge is -2.19. The van der Waals surface area contributed by atoms with Gasteiger partial charge in [-0.15, -0.1) is 0 Å². The Kier molecular flexibility index (Phi) is 7.90. The minimum absolute atomic E-state index is 0.142. The normalized spacial score (nSPS) is 12.4. The molecule has 2 nitrogen and oxygen atoms in total. The van der Waals surface area contributed by atoms with Gasteiger partial charge in [0.15, 0.2) is 0 Å². The molecule has 0 aromatic heterocycles. The van der Waals surface area contributed by atoms with Crippen LogP contribution in [0.3, 0.4) is 0 Å². The van der Waals surface area contributed by atoms with Gasteiger partial charge in [-0.1, -0.05) is 66.9 Å². The Hall–Kier alpha value is -0.830. The maximum Gasteiger partial charge on any atom is 0.220 e. The summed E-state index contributed by atoms with van der Waals surface area (Å²) >= 11 is 3.69. The second kappa shape index (κ2) is 9.17. The van der Waals surface area contributed by atoms with Crippen molar-refractivity contribution in [1.82, 2.24) is 5.32 Å². The lowest BCUT2D eigenvalue weighted by molar-refractivity contribution is -0.121. The van der Waals surface area contributed by atoms with E-state index in [0.717, 1.165) is 25.8 Å². The van der Waals surface area contributed by atoms with Crippen molar-refractivity contribution >= 4 is 21.8 Å². The molecule has 112 valence electrons. The maximum atomic E-state index is 11.9. The van der Waals surface area contributed by atoms with Crippen LogP contribution in [0.1, 0.15) is 44.2 Å². The molecule has 1 amide bonds. The van der Waals surface area contributed by atoms with Crippen molar-refractivity contribution < 1.29 is 4.79 Å². The van der Waals surface area contributed by atoms with Crippen LogP contribution in [-0.2, 0) is 11.2 Å². The summed E-state index contributed by atoms with van der Waals surface area (Å²) in [6.07, 6.45) is 3.67. The van der Waals surface area contributed by atoms with Gasteiger partial charge < -0.3 is 5.32 Å². The predicted octanol–water partition coefficient (Wildman–Crippen LogP) is 4.24. The second-order valence-electron chi connectivity index (χ2n) is 5.32. The number of hydrogen-bond donors (Lipinski definition) is 1. The molecule has 0 aliphatic heterocycles. The largest absolute Gasteiger partial charge is 0.355 e. The monoisotopic (exact) mass is 339 g/mol. The van der Waals surface area contributed by atoms with Gasteiger partial charge in [0, 0.05) is 17.8 Å². The van der Waals surface area contributed by atoms with Crippen LogP contribution in [0, 0.1) is 12.8 Å². The summed E-state index contributed by atoms with van der Waals surface area (Å²) < 4.78 is 0. The molecule has 0 fully saturated rings. The third-order valence-electron chi connectivity index (χ3n) is 3.94. The highest BCUT2D eigenvalue weighted by molar-refractivity contribution is 9.09.